The minimum Gasteiger partial charge on any atom is -0.293 e. The molecule has 0 amide bonds. The number of hydrogen-bond acceptors (Lipinski definition) is 4. The second kappa shape index (κ2) is 5.82. The molecule has 0 N–H and O–H groups in total. The Morgan fingerprint density at radius 2 is 2.05 bits per heavy atom. The summed E-state index contributed by atoms with van der Waals surface area (Å²) in [6, 6.07) is 0.587. The molecule has 0 radical (unpaired) electrons. The minimum atomic E-state index is 0.587. The van der Waals surface area contributed by atoms with Crippen molar-refractivity contribution >= 4 is 33.2 Å². The van der Waals surface area contributed by atoms with Gasteiger partial charge in [0, 0.05) is 10.9 Å². The van der Waals surface area contributed by atoms with Crippen LogP contribution < -0.4 is 0 Å². The Bertz CT molecular complexity index is 667. The van der Waals surface area contributed by atoms with E-state index in [1.807, 2.05) is 0 Å². The van der Waals surface area contributed by atoms with Crippen LogP contribution in [0.25, 0.3) is 10.2 Å². The third-order valence-electron chi connectivity index (χ3n) is 4.88. The summed E-state index contributed by atoms with van der Waals surface area (Å²) in [6.07, 6.45) is 2.58. The van der Waals surface area contributed by atoms with Crippen molar-refractivity contribution in [1.29, 1.82) is 0 Å². The fourth-order valence-electron chi connectivity index (χ4n) is 3.14. The first kappa shape index (κ1) is 15.2. The number of hydrogen-bond donors (Lipinski definition) is 0. The van der Waals surface area contributed by atoms with E-state index in [2.05, 4.69) is 37.6 Å². The second-order valence-electron chi connectivity index (χ2n) is 6.22. The predicted molar refractivity (Wildman–Crippen MR) is 90.2 cm³/mol. The van der Waals surface area contributed by atoms with Crippen LogP contribution in [0.15, 0.2) is 0 Å². The van der Waals surface area contributed by atoms with Gasteiger partial charge in [-0.05, 0) is 51.6 Å². The van der Waals surface area contributed by atoms with E-state index in [1.54, 1.807) is 11.3 Å². The molecule has 3 rings (SSSR count). The van der Waals surface area contributed by atoms with Crippen LogP contribution in [0.5, 0.6) is 0 Å². The zero-order valence-electron chi connectivity index (χ0n) is 13.1. The summed E-state index contributed by atoms with van der Waals surface area (Å²) < 4.78 is 0. The van der Waals surface area contributed by atoms with Crippen molar-refractivity contribution in [2.75, 3.05) is 6.54 Å². The van der Waals surface area contributed by atoms with E-state index in [0.29, 0.717) is 11.2 Å². The molecule has 0 spiro atoms. The fraction of sp³-hybridized carbons (Fsp3) is 0.625. The number of rotatable bonds is 2. The summed E-state index contributed by atoms with van der Waals surface area (Å²) in [4.78, 5) is 14.1. The zero-order valence-corrected chi connectivity index (χ0v) is 14.7. The maximum absolute atomic E-state index is 6.40. The maximum Gasteiger partial charge on any atom is 0.145 e. The topological polar surface area (TPSA) is 29.0 Å². The van der Waals surface area contributed by atoms with Gasteiger partial charge in [-0.2, -0.15) is 0 Å². The van der Waals surface area contributed by atoms with Crippen molar-refractivity contribution in [1.82, 2.24) is 14.9 Å². The molecule has 114 valence electrons. The number of likely N-dealkylation sites (tertiary alicyclic amines) is 1. The molecular formula is C16H22ClN3S. The molecule has 3 heterocycles. The number of halogens is 1. The lowest BCUT2D eigenvalue weighted by Crippen LogP contribution is -2.42. The van der Waals surface area contributed by atoms with Crippen LogP contribution in [0.3, 0.4) is 0 Å². The summed E-state index contributed by atoms with van der Waals surface area (Å²) in [7, 11) is 0. The van der Waals surface area contributed by atoms with Crippen LogP contribution in [0.4, 0.5) is 0 Å². The molecule has 1 saturated heterocycles. The third kappa shape index (κ3) is 2.81. The molecule has 0 bridgehead atoms. The first-order chi connectivity index (χ1) is 9.97. The summed E-state index contributed by atoms with van der Waals surface area (Å²) in [6.45, 7) is 10.8. The van der Waals surface area contributed by atoms with Crippen molar-refractivity contribution in [2.45, 2.75) is 53.1 Å². The first-order valence-corrected chi connectivity index (χ1v) is 8.83. The van der Waals surface area contributed by atoms with E-state index < -0.39 is 0 Å². The van der Waals surface area contributed by atoms with Gasteiger partial charge >= 0.3 is 0 Å². The van der Waals surface area contributed by atoms with Crippen molar-refractivity contribution in [3.05, 3.63) is 21.4 Å². The Balaban J connectivity index is 1.91. The van der Waals surface area contributed by atoms with Gasteiger partial charge in [0.2, 0.25) is 0 Å². The van der Waals surface area contributed by atoms with E-state index in [-0.39, 0.29) is 0 Å². The third-order valence-corrected chi connectivity index (χ3v) is 6.25. The van der Waals surface area contributed by atoms with Crippen molar-refractivity contribution in [2.24, 2.45) is 5.92 Å². The van der Waals surface area contributed by atoms with Crippen molar-refractivity contribution in [3.8, 4) is 0 Å². The molecular weight excluding hydrogens is 302 g/mol. The molecule has 0 aromatic carbocycles. The lowest BCUT2D eigenvalue weighted by atomic mass is 9.92. The lowest BCUT2D eigenvalue weighted by molar-refractivity contribution is 0.104. The van der Waals surface area contributed by atoms with E-state index in [9.17, 15) is 0 Å². The minimum absolute atomic E-state index is 0.587. The molecule has 1 aliphatic heterocycles. The van der Waals surface area contributed by atoms with Gasteiger partial charge in [-0.1, -0.05) is 18.5 Å². The quantitative estimate of drug-likeness (QED) is 0.757. The normalized spacial score (nSPS) is 23.9. The van der Waals surface area contributed by atoms with Crippen LogP contribution in [-0.2, 0) is 6.54 Å². The highest BCUT2D eigenvalue weighted by Gasteiger charge is 2.25. The molecule has 5 heteroatoms. The summed E-state index contributed by atoms with van der Waals surface area (Å²) in [5, 5.41) is 1.64. The van der Waals surface area contributed by atoms with Gasteiger partial charge in [0.1, 0.15) is 15.8 Å². The number of nitrogens with zero attached hydrogens (tertiary/aromatic N) is 3. The standard InChI is InChI=1S/C16H22ClN3S/c1-9-6-5-7-20(11(9)3)8-13-18-15(17)14-10(2)12(4)21-16(14)19-13/h9,11H,5-8H2,1-4H3. The Labute approximate surface area is 135 Å². The largest absolute Gasteiger partial charge is 0.293 e. The van der Waals surface area contributed by atoms with E-state index >= 15 is 0 Å². The smallest absolute Gasteiger partial charge is 0.145 e. The molecule has 2 atom stereocenters. The van der Waals surface area contributed by atoms with Gasteiger partial charge in [0.15, 0.2) is 0 Å². The Hall–Kier alpha value is -0.710. The van der Waals surface area contributed by atoms with Gasteiger partial charge in [-0.3, -0.25) is 4.90 Å². The summed E-state index contributed by atoms with van der Waals surface area (Å²) in [5.41, 5.74) is 1.21. The van der Waals surface area contributed by atoms with Crippen LogP contribution in [0.2, 0.25) is 5.15 Å². The number of aromatic nitrogens is 2. The van der Waals surface area contributed by atoms with Crippen molar-refractivity contribution < 1.29 is 0 Å². The van der Waals surface area contributed by atoms with Crippen LogP contribution >= 0.6 is 22.9 Å². The molecule has 2 aromatic rings. The molecule has 21 heavy (non-hydrogen) atoms. The summed E-state index contributed by atoms with van der Waals surface area (Å²) in [5.74, 6) is 1.60. The predicted octanol–water partition coefficient (Wildman–Crippen LogP) is 4.58. The highest BCUT2D eigenvalue weighted by Crippen LogP contribution is 2.33. The van der Waals surface area contributed by atoms with Crippen LogP contribution in [0, 0.1) is 19.8 Å². The second-order valence-corrected chi connectivity index (χ2v) is 7.79. The number of piperidine rings is 1. The number of aryl methyl sites for hydroxylation is 2. The Morgan fingerprint density at radius 3 is 2.81 bits per heavy atom. The molecule has 0 aliphatic carbocycles. The molecule has 2 unspecified atom stereocenters. The zero-order chi connectivity index (χ0) is 15.1. The van der Waals surface area contributed by atoms with Gasteiger partial charge < -0.3 is 0 Å². The SMILES string of the molecule is Cc1sc2nc(CN3CCCC(C)C3C)nc(Cl)c2c1C. The van der Waals surface area contributed by atoms with E-state index in [4.69, 9.17) is 16.6 Å². The monoisotopic (exact) mass is 323 g/mol. The van der Waals surface area contributed by atoms with Crippen LogP contribution in [0.1, 0.15) is 43.0 Å². The Kier molecular flexibility index (Phi) is 4.21. The summed E-state index contributed by atoms with van der Waals surface area (Å²) >= 11 is 8.12. The highest BCUT2D eigenvalue weighted by molar-refractivity contribution is 7.18. The molecule has 1 fully saturated rings. The van der Waals surface area contributed by atoms with E-state index in [0.717, 1.165) is 35.0 Å². The number of thiophene rings is 1. The van der Waals surface area contributed by atoms with Gasteiger partial charge in [0.25, 0.3) is 0 Å². The fourth-order valence-corrected chi connectivity index (χ4v) is 4.57. The molecule has 0 saturated carbocycles. The van der Waals surface area contributed by atoms with Gasteiger partial charge in [-0.25, -0.2) is 9.97 Å². The average Bonchev–Trinajstić information content (AvgIpc) is 2.71. The van der Waals surface area contributed by atoms with Gasteiger partial charge in [0.05, 0.1) is 11.9 Å². The Morgan fingerprint density at radius 1 is 1.29 bits per heavy atom. The maximum atomic E-state index is 6.40. The van der Waals surface area contributed by atoms with Crippen molar-refractivity contribution in [3.63, 3.8) is 0 Å². The molecule has 3 nitrogen and oxygen atoms in total. The first-order valence-electron chi connectivity index (χ1n) is 7.63. The lowest BCUT2D eigenvalue weighted by Gasteiger charge is -2.37. The van der Waals surface area contributed by atoms with Gasteiger partial charge in [-0.15, -0.1) is 11.3 Å². The highest BCUT2D eigenvalue weighted by atomic mass is 35.5. The molecule has 2 aromatic heterocycles. The average molecular weight is 324 g/mol. The van der Waals surface area contributed by atoms with E-state index in [1.165, 1.54) is 23.3 Å². The number of fused-ring (bicyclic) bond motifs is 1. The molecule has 1 aliphatic rings. The van der Waals surface area contributed by atoms with Crippen LogP contribution in [-0.4, -0.2) is 27.5 Å².